The van der Waals surface area contributed by atoms with Gasteiger partial charge in [-0.05, 0) is 42.2 Å². The van der Waals surface area contributed by atoms with Gasteiger partial charge in [0, 0.05) is 24.9 Å². The predicted molar refractivity (Wildman–Crippen MR) is 133 cm³/mol. The van der Waals surface area contributed by atoms with E-state index in [1.165, 1.54) is 5.56 Å². The van der Waals surface area contributed by atoms with E-state index in [-0.39, 0.29) is 34.2 Å². The van der Waals surface area contributed by atoms with Gasteiger partial charge >= 0.3 is 0 Å². The largest absolute Gasteiger partial charge is 0.342 e. The highest BCUT2D eigenvalue weighted by Gasteiger charge is 2.30. The number of fused-ring (bicyclic) bond motifs is 1. The number of amides is 1. The molecule has 1 aliphatic heterocycles. The van der Waals surface area contributed by atoms with E-state index in [4.69, 9.17) is 4.98 Å². The summed E-state index contributed by atoms with van der Waals surface area (Å²) < 4.78 is 1.69. The minimum Gasteiger partial charge on any atom is -0.342 e. The highest BCUT2D eigenvalue weighted by atomic mass is 16.2. The molecule has 0 saturated carbocycles. The summed E-state index contributed by atoms with van der Waals surface area (Å²) in [6, 6.07) is 8.44. The molecule has 0 aliphatic carbocycles. The number of nitrogens with zero attached hydrogens (tertiary/aromatic N) is 5. The van der Waals surface area contributed by atoms with Crippen LogP contribution in [0.2, 0.25) is 0 Å². The van der Waals surface area contributed by atoms with Crippen molar-refractivity contribution in [2.75, 3.05) is 13.1 Å². The zero-order valence-electron chi connectivity index (χ0n) is 21.0. The minimum atomic E-state index is -0.280. The molecule has 182 valence electrons. The fourth-order valence-electron chi connectivity index (χ4n) is 4.76. The second kappa shape index (κ2) is 9.68. The van der Waals surface area contributed by atoms with Gasteiger partial charge in [-0.25, -0.2) is 9.67 Å². The van der Waals surface area contributed by atoms with Crippen LogP contribution in [0.25, 0.3) is 11.2 Å². The van der Waals surface area contributed by atoms with Crippen LogP contribution in [-0.2, 0) is 16.8 Å². The number of piperidine rings is 1. The van der Waals surface area contributed by atoms with E-state index in [2.05, 4.69) is 74.2 Å². The van der Waals surface area contributed by atoms with E-state index in [0.29, 0.717) is 24.6 Å². The van der Waals surface area contributed by atoms with Gasteiger partial charge in [0.2, 0.25) is 5.91 Å². The molecule has 1 aromatic carbocycles. The number of aromatic nitrogens is 5. The van der Waals surface area contributed by atoms with E-state index in [1.807, 2.05) is 4.90 Å². The van der Waals surface area contributed by atoms with Crippen LogP contribution < -0.4 is 5.56 Å². The molecule has 3 aromatic rings. The Hall–Kier alpha value is -3.03. The topological polar surface area (TPSA) is 96.8 Å². The molecular weight excluding hydrogens is 428 g/mol. The Bertz CT molecular complexity index is 1200. The van der Waals surface area contributed by atoms with Gasteiger partial charge in [-0.2, -0.15) is 0 Å². The molecule has 4 rings (SSSR count). The maximum absolute atomic E-state index is 12.9. The zero-order chi connectivity index (χ0) is 24.5. The van der Waals surface area contributed by atoms with Crippen LogP contribution in [-0.4, -0.2) is 48.9 Å². The number of hydrogen-bond donors (Lipinski definition) is 1. The Labute approximate surface area is 200 Å². The van der Waals surface area contributed by atoms with E-state index >= 15 is 0 Å². The highest BCUT2D eigenvalue weighted by Crippen LogP contribution is 2.27. The van der Waals surface area contributed by atoms with Crippen LogP contribution in [0.1, 0.15) is 83.2 Å². The number of nitrogens with one attached hydrogen (secondary N) is 1. The lowest BCUT2D eigenvalue weighted by Crippen LogP contribution is -2.42. The van der Waals surface area contributed by atoms with Gasteiger partial charge in [0.1, 0.15) is 5.82 Å². The summed E-state index contributed by atoms with van der Waals surface area (Å²) in [5, 5.41) is 8.31. The molecule has 1 aliphatic rings. The van der Waals surface area contributed by atoms with Crippen molar-refractivity contribution in [1.82, 2.24) is 29.9 Å². The average molecular weight is 465 g/mol. The molecule has 3 heterocycles. The predicted octanol–water partition coefficient (Wildman–Crippen LogP) is 4.00. The Kier molecular flexibility index (Phi) is 6.86. The molecule has 8 nitrogen and oxygen atoms in total. The van der Waals surface area contributed by atoms with E-state index < -0.39 is 0 Å². The maximum atomic E-state index is 12.9. The molecule has 0 radical (unpaired) electrons. The Balaban J connectivity index is 1.59. The fraction of sp³-hybridized carbons (Fsp3) is 0.577. The summed E-state index contributed by atoms with van der Waals surface area (Å²) >= 11 is 0. The number of hydrogen-bond acceptors (Lipinski definition) is 5. The van der Waals surface area contributed by atoms with Gasteiger partial charge < -0.3 is 9.88 Å². The van der Waals surface area contributed by atoms with Crippen LogP contribution in [0.3, 0.4) is 0 Å². The van der Waals surface area contributed by atoms with Gasteiger partial charge in [0.25, 0.3) is 5.56 Å². The molecule has 0 bridgehead atoms. The highest BCUT2D eigenvalue weighted by molar-refractivity contribution is 5.79. The minimum absolute atomic E-state index is 0.00131. The summed E-state index contributed by atoms with van der Waals surface area (Å²) in [4.78, 5) is 35.4. The van der Waals surface area contributed by atoms with Crippen LogP contribution in [0, 0.1) is 5.92 Å². The smallest absolute Gasteiger partial charge is 0.281 e. The van der Waals surface area contributed by atoms with Gasteiger partial charge in [-0.1, -0.05) is 64.1 Å². The number of benzene rings is 1. The zero-order valence-corrected chi connectivity index (χ0v) is 21.0. The molecule has 1 N–H and O–H groups in total. The van der Waals surface area contributed by atoms with Crippen molar-refractivity contribution in [3.63, 3.8) is 0 Å². The van der Waals surface area contributed by atoms with Gasteiger partial charge in [0.05, 0.1) is 6.54 Å². The number of rotatable bonds is 6. The summed E-state index contributed by atoms with van der Waals surface area (Å²) in [5.74, 6) is 0.886. The van der Waals surface area contributed by atoms with E-state index in [9.17, 15) is 9.59 Å². The normalized spacial score (nSPS) is 17.0. The average Bonchev–Trinajstić information content (AvgIpc) is 3.23. The molecule has 1 unspecified atom stereocenters. The molecule has 1 atom stereocenters. The van der Waals surface area contributed by atoms with Crippen molar-refractivity contribution in [2.45, 2.75) is 78.2 Å². The first-order valence-corrected chi connectivity index (χ1v) is 12.4. The van der Waals surface area contributed by atoms with Gasteiger partial charge in [-0.3, -0.25) is 9.59 Å². The van der Waals surface area contributed by atoms with Gasteiger partial charge in [-0.15, -0.1) is 5.10 Å². The molecule has 34 heavy (non-hydrogen) atoms. The second-order valence-corrected chi connectivity index (χ2v) is 10.5. The van der Waals surface area contributed by atoms with Crippen molar-refractivity contribution >= 4 is 17.1 Å². The van der Waals surface area contributed by atoms with Crippen molar-refractivity contribution < 1.29 is 4.79 Å². The number of carbonyl (C=O) groups excluding carboxylic acids is 1. The molecule has 0 spiro atoms. The standard InChI is InChI=1S/C26H36N6O2/c1-6-18(7-2)25(34)31-14-8-9-19(16-31)22-27-23-21(24(33)28-22)29-30-32(23)15-17-10-12-20(13-11-17)26(3,4)5/h10-13,18-19H,6-9,14-16H2,1-5H3,(H,27,28,33). The fourth-order valence-corrected chi connectivity index (χ4v) is 4.76. The third-order valence-electron chi connectivity index (χ3n) is 7.00. The SMILES string of the molecule is CCC(CC)C(=O)N1CCCC(c2nc3c(nnn3Cc3ccc(C(C)(C)C)cc3)c(=O)[nH]2)C1. The molecular formula is C26H36N6O2. The summed E-state index contributed by atoms with van der Waals surface area (Å²) in [6.07, 6.45) is 3.48. The van der Waals surface area contributed by atoms with Crippen molar-refractivity contribution in [3.05, 3.63) is 51.6 Å². The Morgan fingerprint density at radius 1 is 1.18 bits per heavy atom. The van der Waals surface area contributed by atoms with Crippen LogP contribution in [0.5, 0.6) is 0 Å². The summed E-state index contributed by atoms with van der Waals surface area (Å²) in [6.45, 7) is 12.5. The molecule has 1 amide bonds. The van der Waals surface area contributed by atoms with E-state index in [0.717, 1.165) is 37.8 Å². The molecule has 1 fully saturated rings. The lowest BCUT2D eigenvalue weighted by Gasteiger charge is -2.34. The first-order valence-electron chi connectivity index (χ1n) is 12.4. The lowest BCUT2D eigenvalue weighted by molar-refractivity contribution is -0.137. The number of aromatic amines is 1. The van der Waals surface area contributed by atoms with Crippen LogP contribution in [0.4, 0.5) is 0 Å². The molecule has 2 aromatic heterocycles. The van der Waals surface area contributed by atoms with Crippen molar-refractivity contribution in [1.29, 1.82) is 0 Å². The van der Waals surface area contributed by atoms with Gasteiger partial charge in [0.15, 0.2) is 11.2 Å². The Morgan fingerprint density at radius 2 is 1.88 bits per heavy atom. The quantitative estimate of drug-likeness (QED) is 0.595. The van der Waals surface area contributed by atoms with Crippen molar-refractivity contribution in [2.24, 2.45) is 5.92 Å². The molecule has 8 heteroatoms. The monoisotopic (exact) mass is 464 g/mol. The first-order chi connectivity index (χ1) is 16.2. The van der Waals surface area contributed by atoms with E-state index in [1.54, 1.807) is 4.68 Å². The maximum Gasteiger partial charge on any atom is 0.281 e. The summed E-state index contributed by atoms with van der Waals surface area (Å²) in [7, 11) is 0. The van der Waals surface area contributed by atoms with Crippen molar-refractivity contribution in [3.8, 4) is 0 Å². The second-order valence-electron chi connectivity index (χ2n) is 10.5. The third kappa shape index (κ3) is 4.91. The Morgan fingerprint density at radius 3 is 2.53 bits per heavy atom. The van der Waals surface area contributed by atoms with Crippen LogP contribution in [0.15, 0.2) is 29.1 Å². The summed E-state index contributed by atoms with van der Waals surface area (Å²) in [5.41, 5.74) is 2.88. The lowest BCUT2D eigenvalue weighted by atomic mass is 9.87. The first kappa shape index (κ1) is 24.1. The number of H-pyrrole nitrogens is 1. The number of likely N-dealkylation sites (tertiary alicyclic amines) is 1. The van der Waals surface area contributed by atoms with Crippen LogP contribution >= 0.6 is 0 Å². The third-order valence-corrected chi connectivity index (χ3v) is 7.00. The number of carbonyl (C=O) groups is 1. The molecule has 1 saturated heterocycles.